The minimum atomic E-state index is -1.04. The third-order valence-electron chi connectivity index (χ3n) is 3.50. The van der Waals surface area contributed by atoms with Gasteiger partial charge in [-0.2, -0.15) is 5.10 Å². The smallest absolute Gasteiger partial charge is 0.347 e. The van der Waals surface area contributed by atoms with Crippen molar-refractivity contribution in [1.29, 1.82) is 0 Å². The molecule has 0 radical (unpaired) electrons. The minimum absolute atomic E-state index is 0.0317. The van der Waals surface area contributed by atoms with E-state index in [1.807, 2.05) is 0 Å². The van der Waals surface area contributed by atoms with Gasteiger partial charge in [-0.15, -0.1) is 0 Å². The molecule has 1 aliphatic heterocycles. The summed E-state index contributed by atoms with van der Waals surface area (Å²) in [7, 11) is 0. The van der Waals surface area contributed by atoms with Crippen molar-refractivity contribution in [2.75, 3.05) is 0 Å². The predicted molar refractivity (Wildman–Crippen MR) is 72.0 cm³/mol. The van der Waals surface area contributed by atoms with Crippen molar-refractivity contribution >= 4 is 17.6 Å². The molecular formula is C13H11ClFN3O3. The Bertz CT molecular complexity index is 783. The van der Waals surface area contributed by atoms with Crippen LogP contribution in [0.15, 0.2) is 23.0 Å². The van der Waals surface area contributed by atoms with Crippen LogP contribution in [0.3, 0.4) is 0 Å². The second-order valence-corrected chi connectivity index (χ2v) is 5.27. The van der Waals surface area contributed by atoms with Gasteiger partial charge in [0.2, 0.25) is 0 Å². The highest BCUT2D eigenvalue weighted by molar-refractivity contribution is 6.30. The number of halogens is 2. The van der Waals surface area contributed by atoms with Gasteiger partial charge in [0.1, 0.15) is 17.7 Å². The van der Waals surface area contributed by atoms with Gasteiger partial charge in [-0.1, -0.05) is 17.7 Å². The first kappa shape index (κ1) is 13.8. The second-order valence-electron chi connectivity index (χ2n) is 4.87. The number of fused-ring (bicyclic) bond motifs is 1. The lowest BCUT2D eigenvalue weighted by atomic mass is 10.2. The number of hydrogen-bond donors (Lipinski definition) is 1. The number of aryl methyl sites for hydroxylation is 1. The number of carboxylic acids is 1. The molecule has 6 nitrogen and oxygen atoms in total. The molecule has 21 heavy (non-hydrogen) atoms. The SMILES string of the molecule is O=C(O)C1CCc2nn(Cc3ccc(F)c(Cl)c3)c(=O)n21. The molecule has 0 spiro atoms. The molecule has 0 fully saturated rings. The average molecular weight is 312 g/mol. The van der Waals surface area contributed by atoms with Crippen LogP contribution in [0.1, 0.15) is 23.9 Å². The van der Waals surface area contributed by atoms with E-state index in [9.17, 15) is 14.0 Å². The molecule has 8 heteroatoms. The fourth-order valence-electron chi connectivity index (χ4n) is 2.49. The molecule has 1 N–H and O–H groups in total. The standard InChI is InChI=1S/C13H11ClFN3O3/c14-8-5-7(1-2-9(8)15)6-17-13(21)18-10(12(19)20)3-4-11(18)16-17/h1-2,5,10H,3-4,6H2,(H,19,20). The molecule has 3 rings (SSSR count). The Morgan fingerprint density at radius 2 is 2.29 bits per heavy atom. The van der Waals surface area contributed by atoms with E-state index in [4.69, 9.17) is 16.7 Å². The van der Waals surface area contributed by atoms with Crippen molar-refractivity contribution in [3.8, 4) is 0 Å². The number of nitrogens with zero attached hydrogens (tertiary/aromatic N) is 3. The van der Waals surface area contributed by atoms with Crippen molar-refractivity contribution in [2.24, 2.45) is 0 Å². The largest absolute Gasteiger partial charge is 0.480 e. The summed E-state index contributed by atoms with van der Waals surface area (Å²) >= 11 is 5.69. The van der Waals surface area contributed by atoms with Gasteiger partial charge in [-0.05, 0) is 24.1 Å². The van der Waals surface area contributed by atoms with Gasteiger partial charge in [0.15, 0.2) is 0 Å². The first-order valence-corrected chi connectivity index (χ1v) is 6.70. The number of hydrogen-bond acceptors (Lipinski definition) is 3. The number of aliphatic carboxylic acids is 1. The zero-order valence-electron chi connectivity index (χ0n) is 10.8. The van der Waals surface area contributed by atoms with Crippen LogP contribution in [-0.2, 0) is 17.8 Å². The lowest BCUT2D eigenvalue weighted by molar-refractivity contribution is -0.140. The van der Waals surface area contributed by atoms with E-state index in [-0.39, 0.29) is 11.6 Å². The molecule has 1 aromatic heterocycles. The summed E-state index contributed by atoms with van der Waals surface area (Å²) in [6, 6.07) is 3.28. The molecule has 0 bridgehead atoms. The Morgan fingerprint density at radius 3 is 2.95 bits per heavy atom. The highest BCUT2D eigenvalue weighted by Gasteiger charge is 2.32. The monoisotopic (exact) mass is 311 g/mol. The second kappa shape index (κ2) is 5.00. The highest BCUT2D eigenvalue weighted by atomic mass is 35.5. The zero-order chi connectivity index (χ0) is 15.1. The van der Waals surface area contributed by atoms with Crippen molar-refractivity contribution in [3.63, 3.8) is 0 Å². The maximum atomic E-state index is 13.1. The molecular weight excluding hydrogens is 301 g/mol. The van der Waals surface area contributed by atoms with E-state index >= 15 is 0 Å². The first-order chi connectivity index (χ1) is 9.97. The summed E-state index contributed by atoms with van der Waals surface area (Å²) in [6.45, 7) is 0.116. The Hall–Kier alpha value is -2.15. The molecule has 0 amide bonds. The summed E-state index contributed by atoms with van der Waals surface area (Å²) in [4.78, 5) is 23.3. The molecule has 110 valence electrons. The van der Waals surface area contributed by atoms with Crippen molar-refractivity contribution in [2.45, 2.75) is 25.4 Å². The summed E-state index contributed by atoms with van der Waals surface area (Å²) in [5.74, 6) is -1.12. The average Bonchev–Trinajstić information content (AvgIpc) is 2.96. The van der Waals surface area contributed by atoms with Gasteiger partial charge in [0.25, 0.3) is 0 Å². The predicted octanol–water partition coefficient (Wildman–Crippen LogP) is 1.46. The van der Waals surface area contributed by atoms with E-state index in [2.05, 4.69) is 5.10 Å². The number of rotatable bonds is 3. The van der Waals surface area contributed by atoms with Crippen LogP contribution in [-0.4, -0.2) is 25.4 Å². The molecule has 2 aromatic rings. The van der Waals surface area contributed by atoms with Crippen molar-refractivity contribution in [3.05, 3.63) is 50.9 Å². The molecule has 2 heterocycles. The fourth-order valence-corrected chi connectivity index (χ4v) is 2.69. The van der Waals surface area contributed by atoms with Gasteiger partial charge in [-0.25, -0.2) is 18.7 Å². The van der Waals surface area contributed by atoms with Gasteiger partial charge < -0.3 is 5.11 Å². The van der Waals surface area contributed by atoms with Gasteiger partial charge in [0.05, 0.1) is 11.6 Å². The van der Waals surface area contributed by atoms with Gasteiger partial charge >= 0.3 is 11.7 Å². The first-order valence-electron chi connectivity index (χ1n) is 6.32. The fraction of sp³-hybridized carbons (Fsp3) is 0.308. The van der Waals surface area contributed by atoms with Crippen LogP contribution in [0.2, 0.25) is 5.02 Å². The molecule has 0 saturated carbocycles. The Balaban J connectivity index is 1.95. The topological polar surface area (TPSA) is 77.1 Å². The van der Waals surface area contributed by atoms with Crippen LogP contribution in [0.4, 0.5) is 4.39 Å². The number of carboxylic acid groups (broad SMARTS) is 1. The van der Waals surface area contributed by atoms with E-state index in [1.165, 1.54) is 27.4 Å². The Morgan fingerprint density at radius 1 is 1.52 bits per heavy atom. The quantitative estimate of drug-likeness (QED) is 0.931. The van der Waals surface area contributed by atoms with Crippen LogP contribution in [0.5, 0.6) is 0 Å². The van der Waals surface area contributed by atoms with E-state index < -0.39 is 23.5 Å². The van der Waals surface area contributed by atoms with E-state index in [1.54, 1.807) is 0 Å². The Labute approximate surface area is 123 Å². The van der Waals surface area contributed by atoms with Crippen molar-refractivity contribution < 1.29 is 14.3 Å². The number of benzene rings is 1. The third-order valence-corrected chi connectivity index (χ3v) is 3.79. The van der Waals surface area contributed by atoms with Crippen LogP contribution < -0.4 is 5.69 Å². The Kier molecular flexibility index (Phi) is 3.29. The summed E-state index contributed by atoms with van der Waals surface area (Å²) in [6.07, 6.45) is 0.819. The normalized spacial score (nSPS) is 17.0. The van der Waals surface area contributed by atoms with Gasteiger partial charge in [0, 0.05) is 6.42 Å². The summed E-state index contributed by atoms with van der Waals surface area (Å²) < 4.78 is 15.5. The molecule has 0 aliphatic carbocycles. The van der Waals surface area contributed by atoms with E-state index in [0.717, 1.165) is 0 Å². The minimum Gasteiger partial charge on any atom is -0.480 e. The van der Waals surface area contributed by atoms with Crippen molar-refractivity contribution in [1.82, 2.24) is 14.3 Å². The summed E-state index contributed by atoms with van der Waals surface area (Å²) in [5.41, 5.74) is 0.141. The third kappa shape index (κ3) is 2.33. The maximum absolute atomic E-state index is 13.1. The summed E-state index contributed by atoms with van der Waals surface area (Å²) in [5, 5.41) is 13.2. The molecule has 1 aliphatic rings. The van der Waals surface area contributed by atoms with E-state index in [0.29, 0.717) is 24.2 Å². The van der Waals surface area contributed by atoms with Gasteiger partial charge in [-0.3, -0.25) is 4.57 Å². The lowest BCUT2D eigenvalue weighted by Gasteiger charge is -2.05. The number of carbonyl (C=O) groups is 1. The van der Waals surface area contributed by atoms with Crippen LogP contribution in [0.25, 0.3) is 0 Å². The van der Waals surface area contributed by atoms with Crippen LogP contribution >= 0.6 is 11.6 Å². The zero-order valence-corrected chi connectivity index (χ0v) is 11.5. The lowest BCUT2D eigenvalue weighted by Crippen LogP contribution is -2.30. The van der Waals surface area contributed by atoms with Crippen LogP contribution in [0, 0.1) is 5.82 Å². The molecule has 1 atom stereocenters. The molecule has 1 unspecified atom stereocenters. The maximum Gasteiger partial charge on any atom is 0.347 e. The highest BCUT2D eigenvalue weighted by Crippen LogP contribution is 2.22. The number of aromatic nitrogens is 3. The molecule has 1 aromatic carbocycles. The molecule has 0 saturated heterocycles.